The van der Waals surface area contributed by atoms with Gasteiger partial charge in [0, 0.05) is 19.5 Å². The monoisotopic (exact) mass is 491 g/mol. The van der Waals surface area contributed by atoms with Crippen molar-refractivity contribution in [2.24, 2.45) is 11.7 Å². The highest BCUT2D eigenvalue weighted by atomic mass is 16.6. The van der Waals surface area contributed by atoms with Crippen LogP contribution in [0.25, 0.3) is 0 Å². The molecule has 0 spiro atoms. The molecule has 2 aromatic rings. The van der Waals surface area contributed by atoms with Crippen molar-refractivity contribution < 1.29 is 19.1 Å². The molecular weight excluding hydrogens is 454 g/mol. The Hall–Kier alpha value is -3.19. The van der Waals surface area contributed by atoms with Crippen LogP contribution in [0, 0.1) is 5.92 Å². The topological polar surface area (TPSA) is 92.9 Å². The maximum Gasteiger partial charge on any atom is 0.410 e. The van der Waals surface area contributed by atoms with Crippen LogP contribution in [0.5, 0.6) is 0 Å². The molecular formula is C29H37N3O4. The molecule has 1 saturated heterocycles. The van der Waals surface area contributed by atoms with E-state index in [1.54, 1.807) is 9.80 Å². The number of benzene rings is 2. The third-order valence-electron chi connectivity index (χ3n) is 7.44. The maximum atomic E-state index is 13.7. The first-order chi connectivity index (χ1) is 17.3. The number of amides is 2. The summed E-state index contributed by atoms with van der Waals surface area (Å²) in [4.78, 5) is 43.0. The van der Waals surface area contributed by atoms with Gasteiger partial charge in [-0.2, -0.15) is 0 Å². The van der Waals surface area contributed by atoms with Gasteiger partial charge in [-0.1, -0.05) is 68.4 Å². The fourth-order valence-corrected chi connectivity index (χ4v) is 5.22. The summed E-state index contributed by atoms with van der Waals surface area (Å²) in [6, 6.07) is 16.4. The number of nitrogens with two attached hydrogens (primary N) is 1. The van der Waals surface area contributed by atoms with Crippen molar-refractivity contribution in [1.82, 2.24) is 9.80 Å². The zero-order valence-electron chi connectivity index (χ0n) is 21.3. The maximum absolute atomic E-state index is 13.7. The molecule has 36 heavy (non-hydrogen) atoms. The Bertz CT molecular complexity index is 1070. The number of carbonyl (C=O) groups excluding carboxylic acids is 3. The Balaban J connectivity index is 1.49. The fraction of sp³-hybridized carbons (Fsp3) is 0.483. The predicted octanol–water partition coefficient (Wildman–Crippen LogP) is 3.90. The highest BCUT2D eigenvalue weighted by molar-refractivity contribution is 5.92. The lowest BCUT2D eigenvalue weighted by Gasteiger charge is -2.42. The minimum absolute atomic E-state index is 0.0263. The molecule has 2 amide bonds. The van der Waals surface area contributed by atoms with Crippen molar-refractivity contribution >= 4 is 17.8 Å². The number of nitrogens with zero attached hydrogens (tertiary/aromatic N) is 2. The molecule has 2 aliphatic rings. The number of ether oxygens (including phenoxy) is 1. The lowest BCUT2D eigenvalue weighted by atomic mass is 9.79. The zero-order chi connectivity index (χ0) is 25.7. The molecule has 3 atom stereocenters. The summed E-state index contributed by atoms with van der Waals surface area (Å²) < 4.78 is 5.52. The molecule has 7 heteroatoms. The van der Waals surface area contributed by atoms with E-state index >= 15 is 0 Å². The quantitative estimate of drug-likeness (QED) is 0.634. The van der Waals surface area contributed by atoms with Crippen LogP contribution in [0.1, 0.15) is 55.7 Å². The largest absolute Gasteiger partial charge is 0.445 e. The Morgan fingerprint density at radius 2 is 1.75 bits per heavy atom. The van der Waals surface area contributed by atoms with Gasteiger partial charge < -0.3 is 20.3 Å². The van der Waals surface area contributed by atoms with Crippen molar-refractivity contribution in [2.75, 3.05) is 19.6 Å². The minimum Gasteiger partial charge on any atom is -0.445 e. The smallest absolute Gasteiger partial charge is 0.410 e. The molecule has 2 aromatic carbocycles. The normalized spacial score (nSPS) is 20.6. The van der Waals surface area contributed by atoms with Gasteiger partial charge in [0.2, 0.25) is 5.91 Å². The van der Waals surface area contributed by atoms with Crippen molar-refractivity contribution in [1.29, 1.82) is 0 Å². The second-order valence-electron chi connectivity index (χ2n) is 10.3. The predicted molar refractivity (Wildman–Crippen MR) is 138 cm³/mol. The molecule has 0 aromatic heterocycles. The van der Waals surface area contributed by atoms with Crippen LogP contribution < -0.4 is 5.73 Å². The van der Waals surface area contributed by atoms with E-state index in [0.717, 1.165) is 24.8 Å². The molecule has 0 unspecified atom stereocenters. The van der Waals surface area contributed by atoms with Gasteiger partial charge in [-0.3, -0.25) is 9.59 Å². The highest BCUT2D eigenvalue weighted by Gasteiger charge is 2.40. The molecule has 1 aliphatic carbocycles. The number of piperazine rings is 1. The van der Waals surface area contributed by atoms with Crippen molar-refractivity contribution in [3.63, 3.8) is 0 Å². The molecule has 0 radical (unpaired) electrons. The van der Waals surface area contributed by atoms with Crippen molar-refractivity contribution in [2.45, 2.75) is 64.1 Å². The summed E-state index contributed by atoms with van der Waals surface area (Å²) in [6.45, 7) is 4.65. The first kappa shape index (κ1) is 25.9. The van der Waals surface area contributed by atoms with E-state index in [1.807, 2.05) is 56.3 Å². The van der Waals surface area contributed by atoms with Crippen LogP contribution in [0.15, 0.2) is 54.6 Å². The molecule has 0 bridgehead atoms. The van der Waals surface area contributed by atoms with Crippen LogP contribution in [0.2, 0.25) is 0 Å². The summed E-state index contributed by atoms with van der Waals surface area (Å²) in [6.07, 6.45) is 2.88. The summed E-state index contributed by atoms with van der Waals surface area (Å²) in [5.41, 5.74) is 9.62. The number of aryl methyl sites for hydroxylation is 1. The average Bonchev–Trinajstić information content (AvgIpc) is 2.91. The van der Waals surface area contributed by atoms with Gasteiger partial charge in [0.1, 0.15) is 12.6 Å². The highest BCUT2D eigenvalue weighted by Crippen LogP contribution is 2.35. The summed E-state index contributed by atoms with van der Waals surface area (Å²) >= 11 is 0. The molecule has 192 valence electrons. The lowest BCUT2D eigenvalue weighted by molar-refractivity contribution is -0.144. The number of rotatable bonds is 7. The Labute approximate surface area is 213 Å². The molecule has 7 nitrogen and oxygen atoms in total. The number of ketones is 1. The summed E-state index contributed by atoms with van der Waals surface area (Å²) in [7, 11) is 0. The Kier molecular flexibility index (Phi) is 8.41. The fourth-order valence-electron chi connectivity index (χ4n) is 5.22. The van der Waals surface area contributed by atoms with Crippen LogP contribution in [-0.2, 0) is 27.4 Å². The molecule has 1 aliphatic heterocycles. The second kappa shape index (κ2) is 11.7. The van der Waals surface area contributed by atoms with Gasteiger partial charge in [0.15, 0.2) is 5.78 Å². The van der Waals surface area contributed by atoms with Gasteiger partial charge in [-0.15, -0.1) is 0 Å². The van der Waals surface area contributed by atoms with Gasteiger partial charge in [0.05, 0.1) is 12.6 Å². The van der Waals surface area contributed by atoms with Crippen molar-refractivity contribution in [3.8, 4) is 0 Å². The molecule has 1 heterocycles. The Morgan fingerprint density at radius 1 is 1.03 bits per heavy atom. The Morgan fingerprint density at radius 3 is 2.50 bits per heavy atom. The van der Waals surface area contributed by atoms with E-state index in [2.05, 4.69) is 12.1 Å². The standard InChI is InChI=1S/C29H37N3O4/c1-20(2)27(30)28(34)32-16-15-31(29(35)36-19-21-9-4-3-5-10-21)18-25(32)26(33)17-23-13-8-12-22-11-6-7-14-24(22)23/h3-7,9-11,14,20,23,25,27H,8,12-13,15-19,30H2,1-2H3/t23-,25-,27-/m0/s1. The lowest BCUT2D eigenvalue weighted by Crippen LogP contribution is -2.62. The van der Waals surface area contributed by atoms with E-state index in [1.165, 1.54) is 11.1 Å². The number of carbonyl (C=O) groups is 3. The van der Waals surface area contributed by atoms with Gasteiger partial charge in [0.25, 0.3) is 0 Å². The average molecular weight is 492 g/mol. The van der Waals surface area contributed by atoms with Gasteiger partial charge >= 0.3 is 6.09 Å². The molecule has 2 N–H and O–H groups in total. The van der Waals surface area contributed by atoms with E-state index in [0.29, 0.717) is 13.0 Å². The molecule has 1 fully saturated rings. The molecule has 0 saturated carbocycles. The van der Waals surface area contributed by atoms with E-state index < -0.39 is 18.2 Å². The molecule has 4 rings (SSSR count). The minimum atomic E-state index is -0.727. The summed E-state index contributed by atoms with van der Waals surface area (Å²) in [5, 5.41) is 0. The third kappa shape index (κ3) is 5.95. The van der Waals surface area contributed by atoms with Crippen LogP contribution in [-0.4, -0.2) is 59.3 Å². The number of fused-ring (bicyclic) bond motifs is 1. The van der Waals surface area contributed by atoms with Crippen LogP contribution in [0.3, 0.4) is 0 Å². The number of hydrogen-bond donors (Lipinski definition) is 1. The number of hydrogen-bond acceptors (Lipinski definition) is 5. The van der Waals surface area contributed by atoms with Crippen LogP contribution >= 0.6 is 0 Å². The van der Waals surface area contributed by atoms with Gasteiger partial charge in [-0.25, -0.2) is 4.79 Å². The summed E-state index contributed by atoms with van der Waals surface area (Å²) in [5.74, 6) is -0.183. The van der Waals surface area contributed by atoms with Gasteiger partial charge in [-0.05, 0) is 47.8 Å². The first-order valence-corrected chi connectivity index (χ1v) is 13.0. The van der Waals surface area contributed by atoms with E-state index in [9.17, 15) is 14.4 Å². The van der Waals surface area contributed by atoms with E-state index in [4.69, 9.17) is 10.5 Å². The SMILES string of the molecule is CC(C)[C@H](N)C(=O)N1CCN(C(=O)OCc2ccccc2)C[C@H]1C(=O)C[C@@H]1CCCc2ccccc21. The second-order valence-corrected chi connectivity index (χ2v) is 10.3. The zero-order valence-corrected chi connectivity index (χ0v) is 21.3. The number of Topliss-reactive ketones (excluding diaryl/α,β-unsaturated/α-hetero) is 1. The third-order valence-corrected chi connectivity index (χ3v) is 7.44. The first-order valence-electron chi connectivity index (χ1n) is 13.0. The van der Waals surface area contributed by atoms with Crippen LogP contribution in [0.4, 0.5) is 4.79 Å². The van der Waals surface area contributed by atoms with Crippen molar-refractivity contribution in [3.05, 3.63) is 71.3 Å². The van der Waals surface area contributed by atoms with E-state index in [-0.39, 0.29) is 43.2 Å².